The van der Waals surface area contributed by atoms with Crippen LogP contribution in [0.15, 0.2) is 30.3 Å². The van der Waals surface area contributed by atoms with Crippen LogP contribution in [0.1, 0.15) is 24.8 Å². The number of nitrogens with one attached hydrogen (secondary N) is 1. The van der Waals surface area contributed by atoms with Crippen LogP contribution in [-0.4, -0.2) is 49.2 Å². The molecule has 1 aromatic carbocycles. The molecular formula is C17H24N2O2. The smallest absolute Gasteiger partial charge is 0.239 e. The molecule has 21 heavy (non-hydrogen) atoms. The molecule has 2 heterocycles. The first-order valence-corrected chi connectivity index (χ1v) is 7.99. The number of rotatable bonds is 6. The molecule has 0 aliphatic carbocycles. The van der Waals surface area contributed by atoms with Gasteiger partial charge in [-0.15, -0.1) is 0 Å². The second-order valence-corrected chi connectivity index (χ2v) is 5.98. The van der Waals surface area contributed by atoms with Crippen molar-refractivity contribution in [3.05, 3.63) is 35.9 Å². The van der Waals surface area contributed by atoms with Gasteiger partial charge in [0.2, 0.25) is 5.91 Å². The van der Waals surface area contributed by atoms with Gasteiger partial charge in [0.25, 0.3) is 0 Å². The number of ether oxygens (including phenoxy) is 1. The number of likely N-dealkylation sites (tertiary alicyclic amines) is 1. The monoisotopic (exact) mass is 288 g/mol. The number of hydrogen-bond donors (Lipinski definition) is 1. The Hall–Kier alpha value is -1.39. The number of carbonyl (C=O) groups is 1. The van der Waals surface area contributed by atoms with Crippen molar-refractivity contribution < 1.29 is 9.53 Å². The first-order valence-electron chi connectivity index (χ1n) is 7.99. The normalized spacial score (nSPS) is 25.7. The molecule has 1 N–H and O–H groups in total. The molecule has 0 spiro atoms. The number of benzene rings is 1. The van der Waals surface area contributed by atoms with Gasteiger partial charge in [-0.05, 0) is 31.2 Å². The van der Waals surface area contributed by atoms with Crippen LogP contribution in [0, 0.1) is 0 Å². The molecular weight excluding hydrogens is 264 g/mol. The number of amides is 1. The minimum absolute atomic E-state index is 0.00780. The highest BCUT2D eigenvalue weighted by Gasteiger charge is 2.33. The second kappa shape index (κ2) is 7.05. The lowest BCUT2D eigenvalue weighted by molar-refractivity contribution is -0.129. The third-order valence-electron chi connectivity index (χ3n) is 4.40. The highest BCUT2D eigenvalue weighted by molar-refractivity contribution is 5.84. The van der Waals surface area contributed by atoms with Crippen LogP contribution < -0.4 is 5.32 Å². The van der Waals surface area contributed by atoms with E-state index < -0.39 is 0 Å². The van der Waals surface area contributed by atoms with E-state index in [1.165, 1.54) is 5.56 Å². The summed E-state index contributed by atoms with van der Waals surface area (Å²) in [6.07, 6.45) is 4.03. The summed E-state index contributed by atoms with van der Waals surface area (Å²) in [6, 6.07) is 10.8. The molecule has 3 rings (SSSR count). The Kier molecular flexibility index (Phi) is 4.88. The maximum atomic E-state index is 12.4. The molecule has 0 bridgehead atoms. The van der Waals surface area contributed by atoms with E-state index in [9.17, 15) is 4.79 Å². The van der Waals surface area contributed by atoms with Crippen LogP contribution in [0.4, 0.5) is 0 Å². The Morgan fingerprint density at radius 2 is 2.10 bits per heavy atom. The molecule has 0 radical (unpaired) electrons. The van der Waals surface area contributed by atoms with Crippen molar-refractivity contribution >= 4 is 5.91 Å². The van der Waals surface area contributed by atoms with Crippen LogP contribution in [0.5, 0.6) is 0 Å². The zero-order valence-electron chi connectivity index (χ0n) is 12.5. The van der Waals surface area contributed by atoms with Crippen molar-refractivity contribution in [3.63, 3.8) is 0 Å². The van der Waals surface area contributed by atoms with Gasteiger partial charge in [-0.25, -0.2) is 0 Å². The van der Waals surface area contributed by atoms with E-state index in [-0.39, 0.29) is 11.9 Å². The number of aryl methyl sites for hydroxylation is 1. The average Bonchev–Trinajstić information content (AvgIpc) is 3.13. The van der Waals surface area contributed by atoms with E-state index in [0.717, 1.165) is 52.0 Å². The van der Waals surface area contributed by atoms with Gasteiger partial charge < -0.3 is 15.0 Å². The zero-order valence-corrected chi connectivity index (χ0v) is 12.5. The van der Waals surface area contributed by atoms with Crippen LogP contribution >= 0.6 is 0 Å². The molecule has 2 aliphatic heterocycles. The van der Waals surface area contributed by atoms with Crippen molar-refractivity contribution in [2.75, 3.05) is 26.3 Å². The highest BCUT2D eigenvalue weighted by Crippen LogP contribution is 2.15. The van der Waals surface area contributed by atoms with Gasteiger partial charge in [0.05, 0.1) is 12.6 Å². The third-order valence-corrected chi connectivity index (χ3v) is 4.40. The standard InChI is InChI=1S/C17H24N2O2/c20-17-16(18-15-9-12-21-13-15)8-11-19(17)10-4-7-14-5-2-1-3-6-14/h1-3,5-6,15-16,18H,4,7-13H2. The van der Waals surface area contributed by atoms with Crippen molar-refractivity contribution in [2.45, 2.75) is 37.8 Å². The Labute approximate surface area is 126 Å². The summed E-state index contributed by atoms with van der Waals surface area (Å²) in [5.74, 6) is 0.273. The lowest BCUT2D eigenvalue weighted by atomic mass is 10.1. The van der Waals surface area contributed by atoms with Gasteiger partial charge in [0.1, 0.15) is 0 Å². The summed E-state index contributed by atoms with van der Waals surface area (Å²) >= 11 is 0. The predicted octanol–water partition coefficient (Wildman–Crippen LogP) is 1.60. The summed E-state index contributed by atoms with van der Waals surface area (Å²) in [4.78, 5) is 14.4. The molecule has 4 nitrogen and oxygen atoms in total. The molecule has 2 atom stereocenters. The molecule has 2 aliphatic rings. The fraction of sp³-hybridized carbons (Fsp3) is 0.588. The Bertz CT molecular complexity index is 457. The van der Waals surface area contributed by atoms with E-state index in [1.807, 2.05) is 11.0 Å². The maximum absolute atomic E-state index is 12.4. The van der Waals surface area contributed by atoms with Gasteiger partial charge in [0.15, 0.2) is 0 Å². The van der Waals surface area contributed by atoms with Gasteiger partial charge in [-0.1, -0.05) is 30.3 Å². The van der Waals surface area contributed by atoms with Gasteiger partial charge in [-0.2, -0.15) is 0 Å². The quantitative estimate of drug-likeness (QED) is 0.864. The Balaban J connectivity index is 1.41. The molecule has 2 unspecified atom stereocenters. The average molecular weight is 288 g/mol. The molecule has 0 saturated carbocycles. The fourth-order valence-corrected chi connectivity index (χ4v) is 3.18. The van der Waals surface area contributed by atoms with E-state index in [2.05, 4.69) is 29.6 Å². The van der Waals surface area contributed by atoms with E-state index in [4.69, 9.17) is 4.74 Å². The van der Waals surface area contributed by atoms with E-state index >= 15 is 0 Å². The van der Waals surface area contributed by atoms with E-state index in [0.29, 0.717) is 6.04 Å². The Morgan fingerprint density at radius 1 is 1.24 bits per heavy atom. The summed E-state index contributed by atoms with van der Waals surface area (Å²) in [6.45, 7) is 3.32. The first kappa shape index (κ1) is 14.5. The topological polar surface area (TPSA) is 41.6 Å². The molecule has 2 saturated heterocycles. The maximum Gasteiger partial charge on any atom is 0.239 e. The zero-order chi connectivity index (χ0) is 14.5. The lowest BCUT2D eigenvalue weighted by Crippen LogP contribution is -2.44. The fourth-order valence-electron chi connectivity index (χ4n) is 3.18. The first-order chi connectivity index (χ1) is 10.3. The van der Waals surface area contributed by atoms with E-state index in [1.54, 1.807) is 0 Å². The third kappa shape index (κ3) is 3.83. The second-order valence-electron chi connectivity index (χ2n) is 5.98. The van der Waals surface area contributed by atoms with Crippen molar-refractivity contribution in [1.82, 2.24) is 10.2 Å². The molecule has 114 valence electrons. The highest BCUT2D eigenvalue weighted by atomic mass is 16.5. The van der Waals surface area contributed by atoms with Crippen LogP contribution in [0.3, 0.4) is 0 Å². The van der Waals surface area contributed by atoms with Gasteiger partial charge in [0, 0.05) is 25.7 Å². The van der Waals surface area contributed by atoms with Crippen molar-refractivity contribution in [1.29, 1.82) is 0 Å². The van der Waals surface area contributed by atoms with Crippen LogP contribution in [-0.2, 0) is 16.0 Å². The lowest BCUT2D eigenvalue weighted by Gasteiger charge is -2.19. The minimum Gasteiger partial charge on any atom is -0.380 e. The molecule has 2 fully saturated rings. The molecule has 0 aromatic heterocycles. The summed E-state index contributed by atoms with van der Waals surface area (Å²) < 4.78 is 5.36. The molecule has 1 amide bonds. The number of carbonyl (C=O) groups excluding carboxylic acids is 1. The van der Waals surface area contributed by atoms with Gasteiger partial charge in [-0.3, -0.25) is 4.79 Å². The Morgan fingerprint density at radius 3 is 2.86 bits per heavy atom. The molecule has 4 heteroatoms. The summed E-state index contributed by atoms with van der Waals surface area (Å²) in [5, 5.41) is 3.45. The summed E-state index contributed by atoms with van der Waals surface area (Å²) in [7, 11) is 0. The van der Waals surface area contributed by atoms with Crippen LogP contribution in [0.2, 0.25) is 0 Å². The SMILES string of the molecule is O=C1C(NC2CCOC2)CCN1CCCc1ccccc1. The number of nitrogens with zero attached hydrogens (tertiary/aromatic N) is 1. The number of hydrogen-bond acceptors (Lipinski definition) is 3. The largest absolute Gasteiger partial charge is 0.380 e. The minimum atomic E-state index is 0.00780. The molecule has 1 aromatic rings. The predicted molar refractivity (Wildman–Crippen MR) is 82.1 cm³/mol. The van der Waals surface area contributed by atoms with Gasteiger partial charge >= 0.3 is 0 Å². The van der Waals surface area contributed by atoms with Crippen molar-refractivity contribution in [3.8, 4) is 0 Å². The van der Waals surface area contributed by atoms with Crippen LogP contribution in [0.25, 0.3) is 0 Å². The van der Waals surface area contributed by atoms with Crippen molar-refractivity contribution in [2.24, 2.45) is 0 Å². The summed E-state index contributed by atoms with van der Waals surface area (Å²) in [5.41, 5.74) is 1.35.